The van der Waals surface area contributed by atoms with Gasteiger partial charge >= 0.3 is 5.97 Å². The maximum atomic E-state index is 13.7. The zero-order valence-electron chi connectivity index (χ0n) is 22.0. The third-order valence-corrected chi connectivity index (χ3v) is 6.62. The Balaban J connectivity index is 1.82. The Labute approximate surface area is 220 Å². The number of hydrogen-bond acceptors (Lipinski definition) is 7. The van der Waals surface area contributed by atoms with Crippen LogP contribution in [-0.4, -0.2) is 29.4 Å². The van der Waals surface area contributed by atoms with Crippen molar-refractivity contribution in [3.8, 4) is 11.5 Å². The number of allylic oxidation sites excluding steroid dienone is 1. The lowest BCUT2D eigenvalue weighted by Gasteiger charge is -2.25. The molecule has 0 N–H and O–H groups in total. The number of nitrogens with zero attached hydrogens (tertiary/aromatic N) is 2. The Morgan fingerprint density at radius 2 is 1.57 bits per heavy atom. The molecule has 0 spiro atoms. The summed E-state index contributed by atoms with van der Waals surface area (Å²) in [6.07, 6.45) is 1.95. The van der Waals surface area contributed by atoms with Crippen LogP contribution in [0.1, 0.15) is 58.7 Å². The van der Waals surface area contributed by atoms with Crippen molar-refractivity contribution in [1.29, 1.82) is 0 Å². The molecule has 1 atom stereocenters. The van der Waals surface area contributed by atoms with E-state index in [0.717, 1.165) is 22.6 Å². The Morgan fingerprint density at radius 1 is 1.00 bits per heavy atom. The fourth-order valence-electron chi connectivity index (χ4n) is 4.17. The molecule has 1 aliphatic heterocycles. The van der Waals surface area contributed by atoms with Gasteiger partial charge in [0.05, 0.1) is 40.7 Å². The molecule has 0 fully saturated rings. The first-order valence-electron chi connectivity index (χ1n) is 12.4. The third kappa shape index (κ3) is 5.85. The molecule has 8 heteroatoms. The fraction of sp³-hybridized carbons (Fsp3) is 0.345. The molecule has 37 heavy (non-hydrogen) atoms. The van der Waals surface area contributed by atoms with Gasteiger partial charge in [-0.25, -0.2) is 9.79 Å². The summed E-state index contributed by atoms with van der Waals surface area (Å²) in [5.41, 5.74) is 2.32. The first-order valence-corrected chi connectivity index (χ1v) is 13.2. The second kappa shape index (κ2) is 11.2. The number of esters is 1. The number of aromatic nitrogens is 1. The summed E-state index contributed by atoms with van der Waals surface area (Å²) < 4.78 is 19.0. The smallest absolute Gasteiger partial charge is 0.338 e. The number of carbonyl (C=O) groups excluding carboxylic acids is 1. The first kappa shape index (κ1) is 26.4. The van der Waals surface area contributed by atoms with E-state index < -0.39 is 12.0 Å². The standard InChI is InChI=1S/C29H32N2O5S/c1-7-34-28(33)25-19(6)30-29-31(26(25)21-10-14-23(15-11-21)36-18(4)5)27(32)24(37-29)16-20-8-12-22(13-9-20)35-17(2)3/h8-18,26H,7H2,1-6H3. The molecule has 1 aromatic heterocycles. The van der Waals surface area contributed by atoms with Crippen molar-refractivity contribution in [1.82, 2.24) is 4.57 Å². The Kier molecular flexibility index (Phi) is 7.97. The van der Waals surface area contributed by atoms with Gasteiger partial charge in [-0.2, -0.15) is 0 Å². The molecule has 0 saturated carbocycles. The number of benzene rings is 2. The quantitative estimate of drug-likeness (QED) is 0.412. The molecule has 0 aliphatic carbocycles. The predicted molar refractivity (Wildman–Crippen MR) is 145 cm³/mol. The van der Waals surface area contributed by atoms with Crippen LogP contribution in [-0.2, 0) is 9.53 Å². The lowest BCUT2D eigenvalue weighted by atomic mass is 9.96. The number of thiazole rings is 1. The van der Waals surface area contributed by atoms with Gasteiger partial charge in [-0.3, -0.25) is 9.36 Å². The van der Waals surface area contributed by atoms with E-state index in [2.05, 4.69) is 4.99 Å². The Hall–Kier alpha value is -3.65. The molecule has 0 amide bonds. The largest absolute Gasteiger partial charge is 0.491 e. The van der Waals surface area contributed by atoms with E-state index in [1.165, 1.54) is 11.3 Å². The Morgan fingerprint density at radius 3 is 2.11 bits per heavy atom. The van der Waals surface area contributed by atoms with Gasteiger partial charge in [0.25, 0.3) is 5.56 Å². The summed E-state index contributed by atoms with van der Waals surface area (Å²) in [6.45, 7) is 11.6. The number of carbonyl (C=O) groups is 1. The molecule has 1 unspecified atom stereocenters. The minimum Gasteiger partial charge on any atom is -0.491 e. The predicted octanol–water partition coefficient (Wildman–Crippen LogP) is 4.37. The van der Waals surface area contributed by atoms with Crippen LogP contribution in [0.5, 0.6) is 11.5 Å². The second-order valence-electron chi connectivity index (χ2n) is 9.27. The van der Waals surface area contributed by atoms with Crippen molar-refractivity contribution < 1.29 is 19.0 Å². The number of fused-ring (bicyclic) bond motifs is 1. The normalized spacial score (nSPS) is 15.6. The average molecular weight is 521 g/mol. The maximum absolute atomic E-state index is 13.7. The third-order valence-electron chi connectivity index (χ3n) is 5.63. The lowest BCUT2D eigenvalue weighted by Crippen LogP contribution is -2.39. The molecule has 2 heterocycles. The van der Waals surface area contributed by atoms with E-state index >= 15 is 0 Å². The van der Waals surface area contributed by atoms with Gasteiger partial charge < -0.3 is 14.2 Å². The van der Waals surface area contributed by atoms with Crippen LogP contribution in [0.3, 0.4) is 0 Å². The van der Waals surface area contributed by atoms with Gasteiger partial charge in [-0.15, -0.1) is 0 Å². The van der Waals surface area contributed by atoms with Gasteiger partial charge in [0.1, 0.15) is 11.5 Å². The molecular formula is C29H32N2O5S. The van der Waals surface area contributed by atoms with Crippen molar-refractivity contribution in [3.05, 3.63) is 90.6 Å². The zero-order valence-corrected chi connectivity index (χ0v) is 22.8. The monoisotopic (exact) mass is 520 g/mol. The Bertz CT molecular complexity index is 1480. The van der Waals surface area contributed by atoms with Gasteiger partial charge in [0.15, 0.2) is 4.80 Å². The maximum Gasteiger partial charge on any atom is 0.338 e. The van der Waals surface area contributed by atoms with Gasteiger partial charge in [-0.1, -0.05) is 35.6 Å². The van der Waals surface area contributed by atoms with E-state index in [9.17, 15) is 9.59 Å². The molecule has 0 radical (unpaired) electrons. The molecule has 2 aromatic carbocycles. The van der Waals surface area contributed by atoms with Crippen LogP contribution in [0, 0.1) is 0 Å². The van der Waals surface area contributed by atoms with Crippen LogP contribution in [0.4, 0.5) is 0 Å². The highest BCUT2D eigenvalue weighted by Gasteiger charge is 2.33. The molecule has 4 rings (SSSR count). The van der Waals surface area contributed by atoms with Crippen molar-refractivity contribution >= 4 is 23.4 Å². The number of ether oxygens (including phenoxy) is 3. The molecular weight excluding hydrogens is 488 g/mol. The SMILES string of the molecule is CCOC(=O)C1=C(C)N=c2sc(=Cc3ccc(OC(C)C)cc3)c(=O)n2C1c1ccc(OC(C)C)cc1. The van der Waals surface area contributed by atoms with Crippen LogP contribution >= 0.6 is 11.3 Å². The van der Waals surface area contributed by atoms with Gasteiger partial charge in [0, 0.05) is 0 Å². The highest BCUT2D eigenvalue weighted by molar-refractivity contribution is 7.07. The zero-order chi connectivity index (χ0) is 26.7. The highest BCUT2D eigenvalue weighted by Crippen LogP contribution is 2.31. The van der Waals surface area contributed by atoms with E-state index in [1.807, 2.05) is 82.3 Å². The van der Waals surface area contributed by atoms with E-state index in [4.69, 9.17) is 14.2 Å². The van der Waals surface area contributed by atoms with Gasteiger partial charge in [0.2, 0.25) is 0 Å². The van der Waals surface area contributed by atoms with E-state index in [-0.39, 0.29) is 24.4 Å². The molecule has 194 valence electrons. The van der Waals surface area contributed by atoms with Crippen LogP contribution < -0.4 is 24.4 Å². The van der Waals surface area contributed by atoms with Crippen molar-refractivity contribution in [2.75, 3.05) is 6.61 Å². The van der Waals surface area contributed by atoms with Crippen LogP contribution in [0.2, 0.25) is 0 Å². The van der Waals surface area contributed by atoms with E-state index in [0.29, 0.717) is 20.6 Å². The molecule has 0 saturated heterocycles. The molecule has 7 nitrogen and oxygen atoms in total. The molecule has 3 aromatic rings. The van der Waals surface area contributed by atoms with Crippen molar-refractivity contribution in [2.45, 2.75) is 59.8 Å². The second-order valence-corrected chi connectivity index (χ2v) is 10.3. The van der Waals surface area contributed by atoms with Crippen LogP contribution in [0.25, 0.3) is 6.08 Å². The summed E-state index contributed by atoms with van der Waals surface area (Å²) in [4.78, 5) is 31.9. The minimum atomic E-state index is -0.660. The summed E-state index contributed by atoms with van der Waals surface area (Å²) >= 11 is 1.30. The molecule has 0 bridgehead atoms. The van der Waals surface area contributed by atoms with Crippen molar-refractivity contribution in [3.63, 3.8) is 0 Å². The fourth-order valence-corrected chi connectivity index (χ4v) is 5.22. The average Bonchev–Trinajstić information content (AvgIpc) is 3.13. The van der Waals surface area contributed by atoms with Gasteiger partial charge in [-0.05, 0) is 83.0 Å². The summed E-state index contributed by atoms with van der Waals surface area (Å²) in [6, 6.07) is 14.4. The lowest BCUT2D eigenvalue weighted by molar-refractivity contribution is -0.139. The summed E-state index contributed by atoms with van der Waals surface area (Å²) in [5, 5.41) is 0. The summed E-state index contributed by atoms with van der Waals surface area (Å²) in [7, 11) is 0. The van der Waals surface area contributed by atoms with Crippen LogP contribution in [0.15, 0.2) is 69.6 Å². The number of hydrogen-bond donors (Lipinski definition) is 0. The summed E-state index contributed by atoms with van der Waals surface area (Å²) in [5.74, 6) is 1.01. The molecule has 1 aliphatic rings. The highest BCUT2D eigenvalue weighted by atomic mass is 32.1. The minimum absolute atomic E-state index is 0.0340. The number of rotatable bonds is 8. The topological polar surface area (TPSA) is 79.1 Å². The van der Waals surface area contributed by atoms with Crippen molar-refractivity contribution in [2.24, 2.45) is 4.99 Å². The first-order chi connectivity index (χ1) is 17.7. The van der Waals surface area contributed by atoms with E-state index in [1.54, 1.807) is 18.4 Å².